The molecular weight excluding hydrogens is 196 g/mol. The molecule has 1 aromatic rings. The van der Waals surface area contributed by atoms with Gasteiger partial charge in [0.05, 0.1) is 14.1 Å². The summed E-state index contributed by atoms with van der Waals surface area (Å²) in [6.45, 7) is 0. The lowest BCUT2D eigenvalue weighted by Crippen LogP contribution is -2.46. The Morgan fingerprint density at radius 2 is 1.93 bits per heavy atom. The molecule has 1 heterocycles. The summed E-state index contributed by atoms with van der Waals surface area (Å²) >= 11 is 6.18. The van der Waals surface area contributed by atoms with Crippen LogP contribution >= 0.6 is 11.6 Å². The van der Waals surface area contributed by atoms with Gasteiger partial charge >= 0.3 is 0 Å². The molecule has 2 N–H and O–H groups in total. The summed E-state index contributed by atoms with van der Waals surface area (Å²) in [6.07, 6.45) is 1.91. The molecule has 1 atom stereocenters. The molecule has 0 spiro atoms. The number of hydrogen-bond donors (Lipinski definition) is 1. The lowest BCUT2D eigenvalue weighted by atomic mass is 10.0. The second-order valence-electron chi connectivity index (χ2n) is 4.08. The maximum absolute atomic E-state index is 6.18. The highest BCUT2D eigenvalue weighted by Crippen LogP contribution is 2.36. The first-order valence-electron chi connectivity index (χ1n) is 4.59. The third-order valence-electron chi connectivity index (χ3n) is 2.84. The Balaban J connectivity index is 2.62. The number of benzene rings is 1. The molecular formula is C11H14ClN2+. The largest absolute Gasteiger partial charge is 0.277 e. The van der Waals surface area contributed by atoms with Crippen LogP contribution in [0.15, 0.2) is 29.4 Å². The van der Waals surface area contributed by atoms with Crippen LogP contribution in [0.3, 0.4) is 0 Å². The van der Waals surface area contributed by atoms with Gasteiger partial charge in [-0.1, -0.05) is 24.3 Å². The van der Waals surface area contributed by atoms with E-state index in [4.69, 9.17) is 17.3 Å². The molecule has 1 aromatic carbocycles. The highest BCUT2D eigenvalue weighted by molar-refractivity contribution is 6.30. The van der Waals surface area contributed by atoms with Crippen molar-refractivity contribution in [2.45, 2.75) is 6.17 Å². The smallest absolute Gasteiger partial charge is 0.203 e. The van der Waals surface area contributed by atoms with Crippen molar-refractivity contribution in [2.24, 2.45) is 5.73 Å². The topological polar surface area (TPSA) is 26.0 Å². The van der Waals surface area contributed by atoms with Gasteiger partial charge in [-0.05, 0) is 17.2 Å². The van der Waals surface area contributed by atoms with Crippen LogP contribution in [-0.2, 0) is 0 Å². The van der Waals surface area contributed by atoms with Crippen LogP contribution in [0.1, 0.15) is 17.3 Å². The molecule has 0 saturated carbocycles. The molecule has 0 fully saturated rings. The van der Waals surface area contributed by atoms with Gasteiger partial charge in [0.15, 0.2) is 6.17 Å². The maximum atomic E-state index is 6.18. The highest BCUT2D eigenvalue weighted by Gasteiger charge is 2.35. The van der Waals surface area contributed by atoms with Crippen LogP contribution in [0, 0.1) is 0 Å². The van der Waals surface area contributed by atoms with E-state index in [-0.39, 0.29) is 6.17 Å². The summed E-state index contributed by atoms with van der Waals surface area (Å²) in [4.78, 5) is 0. The molecule has 0 saturated heterocycles. The molecule has 3 heteroatoms. The van der Waals surface area contributed by atoms with E-state index >= 15 is 0 Å². The summed E-state index contributed by atoms with van der Waals surface area (Å²) < 4.78 is 0.512. The predicted octanol–water partition coefficient (Wildman–Crippen LogP) is 2.27. The summed E-state index contributed by atoms with van der Waals surface area (Å²) in [5, 5.41) is 0.774. The molecule has 1 unspecified atom stereocenters. The van der Waals surface area contributed by atoms with Crippen molar-refractivity contribution in [2.75, 3.05) is 14.1 Å². The first-order valence-corrected chi connectivity index (χ1v) is 4.97. The Morgan fingerprint density at radius 3 is 2.64 bits per heavy atom. The van der Waals surface area contributed by atoms with Crippen molar-refractivity contribution in [3.8, 4) is 0 Å². The van der Waals surface area contributed by atoms with Gasteiger partial charge in [-0.3, -0.25) is 10.2 Å². The third-order valence-corrected chi connectivity index (χ3v) is 3.38. The fourth-order valence-corrected chi connectivity index (χ4v) is 1.91. The zero-order valence-corrected chi connectivity index (χ0v) is 9.12. The summed E-state index contributed by atoms with van der Waals surface area (Å²) in [5.41, 5.74) is 8.44. The molecule has 1 aliphatic rings. The van der Waals surface area contributed by atoms with Gasteiger partial charge in [-0.25, -0.2) is 0 Å². The monoisotopic (exact) mass is 209 g/mol. The van der Waals surface area contributed by atoms with E-state index in [0.29, 0.717) is 4.48 Å². The summed E-state index contributed by atoms with van der Waals surface area (Å²) in [7, 11) is 4.03. The molecule has 2 rings (SSSR count). The van der Waals surface area contributed by atoms with Gasteiger partial charge in [-0.2, -0.15) is 0 Å². The Bertz CT molecular complexity index is 396. The van der Waals surface area contributed by atoms with Crippen LogP contribution in [-0.4, -0.2) is 18.6 Å². The van der Waals surface area contributed by atoms with Crippen LogP contribution in [0.5, 0.6) is 0 Å². The molecule has 14 heavy (non-hydrogen) atoms. The van der Waals surface area contributed by atoms with Crippen LogP contribution in [0.4, 0.5) is 0 Å². The Kier molecular flexibility index (Phi) is 2.14. The van der Waals surface area contributed by atoms with Gasteiger partial charge in [0, 0.05) is 11.6 Å². The lowest BCUT2D eigenvalue weighted by molar-refractivity contribution is -0.878. The van der Waals surface area contributed by atoms with Gasteiger partial charge < -0.3 is 0 Å². The van der Waals surface area contributed by atoms with E-state index in [1.165, 1.54) is 0 Å². The molecule has 1 aliphatic heterocycles. The Hall–Kier alpha value is -0.830. The average molecular weight is 210 g/mol. The normalized spacial score (nSPS) is 24.0. The molecule has 74 valence electrons. The number of nitrogens with zero attached hydrogens (tertiary/aromatic N) is 1. The fraction of sp³-hybridized carbons (Fsp3) is 0.273. The van der Waals surface area contributed by atoms with E-state index in [1.807, 2.05) is 38.4 Å². The zero-order chi connectivity index (χ0) is 10.3. The first kappa shape index (κ1) is 9.71. The minimum atomic E-state index is -0.0799. The number of quaternary nitrogens is 1. The second kappa shape index (κ2) is 3.09. The molecule has 2 nitrogen and oxygen atoms in total. The van der Waals surface area contributed by atoms with Crippen molar-refractivity contribution in [1.82, 2.24) is 0 Å². The number of hydrogen-bond acceptors (Lipinski definition) is 1. The van der Waals surface area contributed by atoms with Gasteiger partial charge in [0.1, 0.15) is 0 Å². The van der Waals surface area contributed by atoms with Crippen molar-refractivity contribution >= 4 is 17.7 Å². The van der Waals surface area contributed by atoms with Crippen molar-refractivity contribution in [3.63, 3.8) is 0 Å². The molecule has 0 aromatic heterocycles. The molecule has 0 aliphatic carbocycles. The molecule has 0 bridgehead atoms. The van der Waals surface area contributed by atoms with Crippen molar-refractivity contribution < 1.29 is 4.48 Å². The Morgan fingerprint density at radius 1 is 1.29 bits per heavy atom. The van der Waals surface area contributed by atoms with Crippen molar-refractivity contribution in [1.29, 1.82) is 0 Å². The quantitative estimate of drug-likeness (QED) is 0.515. The second-order valence-corrected chi connectivity index (χ2v) is 4.47. The zero-order valence-electron chi connectivity index (χ0n) is 8.37. The van der Waals surface area contributed by atoms with E-state index < -0.39 is 0 Å². The lowest BCUT2D eigenvalue weighted by Gasteiger charge is -2.37. The standard InChI is InChI=1S/C11H14ClN2/c1-14(2)10(12)7-8-5-3-4-6-9(8)11(14)13/h3-7,11H,13H2,1-2H3/q+1. The number of rotatable bonds is 0. The van der Waals surface area contributed by atoms with Gasteiger partial charge in [0.2, 0.25) is 5.16 Å². The summed E-state index contributed by atoms with van der Waals surface area (Å²) in [5.74, 6) is 0. The number of halogens is 1. The SMILES string of the molecule is C[N+]1(C)C(Cl)=Cc2ccccc2C1N. The van der Waals surface area contributed by atoms with E-state index in [2.05, 4.69) is 6.07 Å². The number of fused-ring (bicyclic) bond motifs is 1. The van der Waals surface area contributed by atoms with E-state index in [9.17, 15) is 0 Å². The minimum absolute atomic E-state index is 0.0799. The Labute approximate surface area is 89.2 Å². The fourth-order valence-electron chi connectivity index (χ4n) is 1.69. The van der Waals surface area contributed by atoms with E-state index in [1.54, 1.807) is 0 Å². The van der Waals surface area contributed by atoms with Crippen LogP contribution in [0.25, 0.3) is 6.08 Å². The van der Waals surface area contributed by atoms with Crippen LogP contribution in [0.2, 0.25) is 0 Å². The average Bonchev–Trinajstić information content (AvgIpc) is 2.15. The molecule has 0 radical (unpaired) electrons. The third kappa shape index (κ3) is 1.27. The van der Waals surface area contributed by atoms with Crippen LogP contribution < -0.4 is 5.73 Å². The van der Waals surface area contributed by atoms with Gasteiger partial charge in [-0.15, -0.1) is 0 Å². The molecule has 0 amide bonds. The number of nitrogens with two attached hydrogens (primary N) is 1. The maximum Gasteiger partial charge on any atom is 0.203 e. The first-order chi connectivity index (χ1) is 6.53. The van der Waals surface area contributed by atoms with E-state index in [0.717, 1.165) is 16.3 Å². The highest BCUT2D eigenvalue weighted by atomic mass is 35.5. The summed E-state index contributed by atoms with van der Waals surface area (Å²) in [6, 6.07) is 8.10. The van der Waals surface area contributed by atoms with Crippen molar-refractivity contribution in [3.05, 3.63) is 40.5 Å². The minimum Gasteiger partial charge on any atom is -0.277 e. The predicted molar refractivity (Wildman–Crippen MR) is 59.3 cm³/mol. The van der Waals surface area contributed by atoms with Gasteiger partial charge in [0.25, 0.3) is 0 Å².